The van der Waals surface area contributed by atoms with Gasteiger partial charge in [-0.2, -0.15) is 0 Å². The summed E-state index contributed by atoms with van der Waals surface area (Å²) in [5.41, 5.74) is 6.72. The third-order valence-electron chi connectivity index (χ3n) is 1.79. The van der Waals surface area contributed by atoms with E-state index in [2.05, 4.69) is 4.99 Å². The molecule has 0 aliphatic rings. The van der Waals surface area contributed by atoms with Crippen LogP contribution >= 0.6 is 11.8 Å². The topological polar surface area (TPSA) is 47.6 Å². The molecule has 1 aromatic carbocycles. The molecule has 0 unspecified atom stereocenters. The average Bonchev–Trinajstić information content (AvgIpc) is 2.26. The summed E-state index contributed by atoms with van der Waals surface area (Å²) >= 11 is 1.51. The van der Waals surface area contributed by atoms with Gasteiger partial charge in [0.25, 0.3) is 0 Å². The van der Waals surface area contributed by atoms with Crippen LogP contribution in [0.3, 0.4) is 0 Å². The van der Waals surface area contributed by atoms with Crippen molar-refractivity contribution in [1.82, 2.24) is 0 Å². The molecule has 0 saturated heterocycles. The van der Waals surface area contributed by atoms with E-state index in [0.29, 0.717) is 5.17 Å². The fourth-order valence-corrected chi connectivity index (χ4v) is 1.71. The van der Waals surface area contributed by atoms with Gasteiger partial charge in [-0.15, -0.1) is 0 Å². The number of hydrogen-bond donors (Lipinski definition) is 1. The number of aliphatic imine (C=N–C) groups is 1. The Balaban J connectivity index is 2.66. The Bertz CT molecular complexity index is 326. The molecule has 1 rings (SSSR count). The van der Waals surface area contributed by atoms with Crippen LogP contribution < -0.4 is 10.5 Å². The fourth-order valence-electron chi connectivity index (χ4n) is 1.04. The lowest BCUT2D eigenvalue weighted by molar-refractivity contribution is 0.411. The number of methoxy groups -OCH3 is 1. The minimum atomic E-state index is 0.593. The molecule has 0 amide bonds. The number of thioether (sulfide) groups is 1. The average molecular weight is 210 g/mol. The maximum absolute atomic E-state index is 5.58. The number of amidine groups is 1. The molecule has 1 aromatic rings. The molecule has 14 heavy (non-hydrogen) atoms. The number of ether oxygens (including phenoxy) is 1. The van der Waals surface area contributed by atoms with E-state index in [-0.39, 0.29) is 0 Å². The fraction of sp³-hybridized carbons (Fsp3) is 0.300. The van der Waals surface area contributed by atoms with Crippen molar-refractivity contribution in [3.8, 4) is 5.75 Å². The molecule has 0 aliphatic carbocycles. The van der Waals surface area contributed by atoms with E-state index in [1.165, 1.54) is 11.8 Å². The molecule has 0 aromatic heterocycles. The predicted octanol–water partition coefficient (Wildman–Crippen LogP) is 1.87. The second-order valence-corrected chi connectivity index (χ2v) is 3.66. The minimum Gasteiger partial charge on any atom is -0.496 e. The van der Waals surface area contributed by atoms with Crippen LogP contribution in [0.5, 0.6) is 5.75 Å². The van der Waals surface area contributed by atoms with Gasteiger partial charge in [0.1, 0.15) is 5.75 Å². The zero-order valence-electron chi connectivity index (χ0n) is 8.36. The summed E-state index contributed by atoms with van der Waals surface area (Å²) in [5.74, 6) is 1.68. The van der Waals surface area contributed by atoms with Gasteiger partial charge in [-0.1, -0.05) is 30.0 Å². The predicted molar refractivity (Wildman–Crippen MR) is 61.8 cm³/mol. The van der Waals surface area contributed by atoms with E-state index in [1.54, 1.807) is 14.2 Å². The third-order valence-corrected chi connectivity index (χ3v) is 2.72. The summed E-state index contributed by atoms with van der Waals surface area (Å²) < 4.78 is 5.22. The second kappa shape index (κ2) is 5.54. The Kier molecular flexibility index (Phi) is 4.32. The summed E-state index contributed by atoms with van der Waals surface area (Å²) in [7, 11) is 3.35. The Morgan fingerprint density at radius 2 is 2.21 bits per heavy atom. The highest BCUT2D eigenvalue weighted by Crippen LogP contribution is 2.22. The number of benzene rings is 1. The highest BCUT2D eigenvalue weighted by atomic mass is 32.2. The molecule has 0 aliphatic heterocycles. The molecular formula is C10H14N2OS. The zero-order chi connectivity index (χ0) is 10.4. The van der Waals surface area contributed by atoms with E-state index in [9.17, 15) is 0 Å². The zero-order valence-corrected chi connectivity index (χ0v) is 9.17. The lowest BCUT2D eigenvalue weighted by Crippen LogP contribution is -2.06. The Morgan fingerprint density at radius 1 is 1.50 bits per heavy atom. The molecule has 0 spiro atoms. The number of nitrogens with two attached hydrogens (primary N) is 1. The van der Waals surface area contributed by atoms with Gasteiger partial charge in [-0.05, 0) is 6.07 Å². The summed E-state index contributed by atoms with van der Waals surface area (Å²) in [6.45, 7) is 0. The smallest absolute Gasteiger partial charge is 0.153 e. The molecule has 0 bridgehead atoms. The van der Waals surface area contributed by atoms with Gasteiger partial charge in [0.2, 0.25) is 0 Å². The van der Waals surface area contributed by atoms with Crippen LogP contribution in [0.15, 0.2) is 29.3 Å². The van der Waals surface area contributed by atoms with Gasteiger partial charge in [0.15, 0.2) is 5.17 Å². The van der Waals surface area contributed by atoms with E-state index in [4.69, 9.17) is 10.5 Å². The van der Waals surface area contributed by atoms with E-state index in [0.717, 1.165) is 17.1 Å². The van der Waals surface area contributed by atoms with E-state index in [1.807, 2.05) is 24.3 Å². The molecule has 0 heterocycles. The first-order valence-electron chi connectivity index (χ1n) is 4.25. The highest BCUT2D eigenvalue weighted by molar-refractivity contribution is 8.13. The van der Waals surface area contributed by atoms with Crippen molar-refractivity contribution < 1.29 is 4.74 Å². The molecule has 0 fully saturated rings. The maximum Gasteiger partial charge on any atom is 0.153 e. The largest absolute Gasteiger partial charge is 0.496 e. The number of hydrogen-bond acceptors (Lipinski definition) is 3. The first-order chi connectivity index (χ1) is 6.77. The Morgan fingerprint density at radius 3 is 2.86 bits per heavy atom. The highest BCUT2D eigenvalue weighted by Gasteiger charge is 2.02. The first-order valence-corrected chi connectivity index (χ1v) is 5.23. The van der Waals surface area contributed by atoms with Gasteiger partial charge >= 0.3 is 0 Å². The Labute approximate surface area is 88.4 Å². The van der Waals surface area contributed by atoms with Crippen molar-refractivity contribution in [2.24, 2.45) is 10.7 Å². The maximum atomic E-state index is 5.58. The van der Waals surface area contributed by atoms with Crippen molar-refractivity contribution in [3.63, 3.8) is 0 Å². The van der Waals surface area contributed by atoms with Crippen molar-refractivity contribution in [2.75, 3.05) is 14.2 Å². The minimum absolute atomic E-state index is 0.593. The number of para-hydroxylation sites is 1. The SMILES string of the molecule is CN=C(N)SCc1ccccc1OC. The lowest BCUT2D eigenvalue weighted by atomic mass is 10.2. The van der Waals surface area contributed by atoms with Crippen LogP contribution in [0.25, 0.3) is 0 Å². The van der Waals surface area contributed by atoms with E-state index < -0.39 is 0 Å². The van der Waals surface area contributed by atoms with Gasteiger partial charge in [0, 0.05) is 18.4 Å². The summed E-state index contributed by atoms with van der Waals surface area (Å²) in [5, 5.41) is 0.593. The van der Waals surface area contributed by atoms with Crippen molar-refractivity contribution in [3.05, 3.63) is 29.8 Å². The second-order valence-electron chi connectivity index (χ2n) is 2.66. The molecule has 4 heteroatoms. The first kappa shape index (κ1) is 10.9. The van der Waals surface area contributed by atoms with Crippen LogP contribution in [0.2, 0.25) is 0 Å². The molecule has 0 atom stereocenters. The normalized spacial score (nSPS) is 11.4. The number of nitrogens with zero attached hydrogens (tertiary/aromatic N) is 1. The summed E-state index contributed by atoms with van der Waals surface area (Å²) in [6, 6.07) is 7.89. The van der Waals surface area contributed by atoms with Crippen molar-refractivity contribution in [1.29, 1.82) is 0 Å². The van der Waals surface area contributed by atoms with Crippen molar-refractivity contribution >= 4 is 16.9 Å². The van der Waals surface area contributed by atoms with Crippen LogP contribution in [0, 0.1) is 0 Å². The Hall–Kier alpha value is -1.16. The molecule has 3 nitrogen and oxygen atoms in total. The molecular weight excluding hydrogens is 196 g/mol. The van der Waals surface area contributed by atoms with Gasteiger partial charge in [0.05, 0.1) is 7.11 Å². The lowest BCUT2D eigenvalue weighted by Gasteiger charge is -2.06. The quantitative estimate of drug-likeness (QED) is 0.612. The molecule has 2 N–H and O–H groups in total. The van der Waals surface area contributed by atoms with Crippen LogP contribution in [0.4, 0.5) is 0 Å². The van der Waals surface area contributed by atoms with Gasteiger partial charge in [-0.25, -0.2) is 0 Å². The third kappa shape index (κ3) is 2.96. The summed E-state index contributed by atoms with van der Waals surface area (Å²) in [4.78, 5) is 3.88. The van der Waals surface area contributed by atoms with Crippen molar-refractivity contribution in [2.45, 2.75) is 5.75 Å². The standard InChI is InChI=1S/C10H14N2OS/c1-12-10(11)14-7-8-5-3-4-6-9(8)13-2/h3-6H,7H2,1-2H3,(H2,11,12). The molecule has 0 saturated carbocycles. The van der Waals surface area contributed by atoms with Crippen LogP contribution in [-0.2, 0) is 5.75 Å². The monoisotopic (exact) mass is 210 g/mol. The molecule has 76 valence electrons. The number of rotatable bonds is 3. The van der Waals surface area contributed by atoms with Crippen LogP contribution in [0.1, 0.15) is 5.56 Å². The van der Waals surface area contributed by atoms with Gasteiger partial charge in [-0.3, -0.25) is 4.99 Å². The summed E-state index contributed by atoms with van der Waals surface area (Å²) in [6.07, 6.45) is 0. The molecule has 0 radical (unpaired) electrons. The van der Waals surface area contributed by atoms with Gasteiger partial charge < -0.3 is 10.5 Å². The van der Waals surface area contributed by atoms with E-state index >= 15 is 0 Å². The van der Waals surface area contributed by atoms with Crippen LogP contribution in [-0.4, -0.2) is 19.3 Å².